The van der Waals surface area contributed by atoms with Gasteiger partial charge in [-0.3, -0.25) is 9.59 Å². The Balaban J connectivity index is 2.01. The highest BCUT2D eigenvalue weighted by Crippen LogP contribution is 2.48. The molecule has 1 atom stereocenters. The summed E-state index contributed by atoms with van der Waals surface area (Å²) >= 11 is 0. The van der Waals surface area contributed by atoms with Gasteiger partial charge < -0.3 is 10.2 Å². The van der Waals surface area contributed by atoms with Crippen molar-refractivity contribution < 1.29 is 9.59 Å². The zero-order valence-corrected chi connectivity index (χ0v) is 12.2. The highest BCUT2D eigenvalue weighted by atomic mass is 16.2. The molecule has 2 aliphatic carbocycles. The monoisotopic (exact) mass is 264 g/mol. The summed E-state index contributed by atoms with van der Waals surface area (Å²) in [7, 11) is 0. The smallest absolute Gasteiger partial charge is 0.249 e. The molecule has 1 N–H and O–H groups in total. The van der Waals surface area contributed by atoms with Gasteiger partial charge in [0.15, 0.2) is 0 Å². The van der Waals surface area contributed by atoms with E-state index in [-0.39, 0.29) is 17.9 Å². The number of rotatable bonds is 2. The summed E-state index contributed by atoms with van der Waals surface area (Å²) in [5.41, 5.74) is -1.21. The van der Waals surface area contributed by atoms with Crippen LogP contribution in [0.5, 0.6) is 0 Å². The maximum Gasteiger partial charge on any atom is 0.249 e. The Morgan fingerprint density at radius 3 is 2.26 bits per heavy atom. The highest BCUT2D eigenvalue weighted by Gasteiger charge is 2.62. The summed E-state index contributed by atoms with van der Waals surface area (Å²) in [6.45, 7) is 6.01. The van der Waals surface area contributed by atoms with E-state index >= 15 is 0 Å². The number of nitrogens with zero attached hydrogens (tertiary/aromatic N) is 1. The lowest BCUT2D eigenvalue weighted by Gasteiger charge is -2.52. The van der Waals surface area contributed by atoms with Gasteiger partial charge in [0.25, 0.3) is 0 Å². The maximum absolute atomic E-state index is 13.0. The van der Waals surface area contributed by atoms with Gasteiger partial charge in [-0.05, 0) is 52.4 Å². The van der Waals surface area contributed by atoms with Crippen LogP contribution in [0.3, 0.4) is 0 Å². The van der Waals surface area contributed by atoms with E-state index in [4.69, 9.17) is 0 Å². The standard InChI is InChI=1S/C15H24N2O2/c1-10(2)17-13(19)15(8-4-5-9-15)16-12(18)14(17,3)11-6-7-11/h10-11H,4-9H2,1-3H3,(H,16,18). The van der Waals surface area contributed by atoms with Crippen molar-refractivity contribution in [2.75, 3.05) is 0 Å². The molecule has 0 aromatic heterocycles. The third-order valence-corrected chi connectivity index (χ3v) is 5.29. The van der Waals surface area contributed by atoms with Crippen LogP contribution in [0.4, 0.5) is 0 Å². The predicted octanol–water partition coefficient (Wildman–Crippen LogP) is 1.83. The first-order valence-electron chi connectivity index (χ1n) is 7.58. The molecule has 0 aromatic carbocycles. The van der Waals surface area contributed by atoms with Crippen LogP contribution in [0.25, 0.3) is 0 Å². The second kappa shape index (κ2) is 3.97. The fourth-order valence-corrected chi connectivity index (χ4v) is 4.06. The molecule has 3 fully saturated rings. The lowest BCUT2D eigenvalue weighted by molar-refractivity contribution is -0.166. The van der Waals surface area contributed by atoms with E-state index < -0.39 is 11.1 Å². The van der Waals surface area contributed by atoms with E-state index in [1.54, 1.807) is 0 Å². The molecule has 1 heterocycles. The molecular formula is C15H24N2O2. The number of amides is 2. The van der Waals surface area contributed by atoms with Crippen LogP contribution in [0.15, 0.2) is 0 Å². The average Bonchev–Trinajstić information content (AvgIpc) is 3.09. The van der Waals surface area contributed by atoms with E-state index in [0.29, 0.717) is 5.92 Å². The predicted molar refractivity (Wildman–Crippen MR) is 72.5 cm³/mol. The fourth-order valence-electron chi connectivity index (χ4n) is 4.06. The number of hydrogen-bond donors (Lipinski definition) is 1. The van der Waals surface area contributed by atoms with Gasteiger partial charge in [-0.2, -0.15) is 0 Å². The van der Waals surface area contributed by atoms with Gasteiger partial charge in [-0.25, -0.2) is 0 Å². The number of hydrogen-bond acceptors (Lipinski definition) is 2. The minimum absolute atomic E-state index is 0.0743. The minimum Gasteiger partial charge on any atom is -0.340 e. The van der Waals surface area contributed by atoms with Crippen LogP contribution in [0.2, 0.25) is 0 Å². The van der Waals surface area contributed by atoms with E-state index in [9.17, 15) is 9.59 Å². The summed E-state index contributed by atoms with van der Waals surface area (Å²) in [5.74, 6) is 0.580. The van der Waals surface area contributed by atoms with Crippen molar-refractivity contribution in [1.82, 2.24) is 10.2 Å². The van der Waals surface area contributed by atoms with E-state index in [0.717, 1.165) is 38.5 Å². The molecule has 1 unspecified atom stereocenters. The van der Waals surface area contributed by atoms with Crippen molar-refractivity contribution in [2.45, 2.75) is 76.4 Å². The van der Waals surface area contributed by atoms with Crippen molar-refractivity contribution in [3.63, 3.8) is 0 Å². The molecule has 4 nitrogen and oxygen atoms in total. The van der Waals surface area contributed by atoms with Crippen molar-refractivity contribution in [3.05, 3.63) is 0 Å². The zero-order chi connectivity index (χ0) is 13.8. The van der Waals surface area contributed by atoms with Crippen LogP contribution in [-0.2, 0) is 9.59 Å². The Hall–Kier alpha value is -1.06. The van der Waals surface area contributed by atoms with Crippen LogP contribution in [-0.4, -0.2) is 33.8 Å². The van der Waals surface area contributed by atoms with E-state index in [1.165, 1.54) is 0 Å². The van der Waals surface area contributed by atoms with Crippen LogP contribution >= 0.6 is 0 Å². The number of nitrogens with one attached hydrogen (secondary N) is 1. The van der Waals surface area contributed by atoms with Gasteiger partial charge in [0.05, 0.1) is 0 Å². The SMILES string of the molecule is CC(C)N1C(=O)C2(CCCC2)NC(=O)C1(C)C1CC1. The van der Waals surface area contributed by atoms with Crippen molar-refractivity contribution in [2.24, 2.45) is 5.92 Å². The molecule has 19 heavy (non-hydrogen) atoms. The van der Waals surface area contributed by atoms with E-state index in [2.05, 4.69) is 5.32 Å². The lowest BCUT2D eigenvalue weighted by atomic mass is 9.81. The van der Waals surface area contributed by atoms with E-state index in [1.807, 2.05) is 25.7 Å². The van der Waals surface area contributed by atoms with Gasteiger partial charge in [-0.15, -0.1) is 0 Å². The van der Waals surface area contributed by atoms with Gasteiger partial charge in [-0.1, -0.05) is 12.8 Å². The molecule has 2 saturated carbocycles. The van der Waals surface area contributed by atoms with Crippen LogP contribution in [0.1, 0.15) is 59.3 Å². The maximum atomic E-state index is 13.0. The summed E-state index contributed by atoms with van der Waals surface area (Å²) in [6.07, 6.45) is 5.82. The second-order valence-electron chi connectivity index (χ2n) is 6.93. The zero-order valence-electron chi connectivity index (χ0n) is 12.2. The quantitative estimate of drug-likeness (QED) is 0.827. The summed E-state index contributed by atoms with van der Waals surface area (Å²) in [6, 6.07) is 0.0848. The van der Waals surface area contributed by atoms with Crippen LogP contribution < -0.4 is 5.32 Å². The molecule has 3 rings (SSSR count). The largest absolute Gasteiger partial charge is 0.340 e. The third-order valence-electron chi connectivity index (χ3n) is 5.29. The highest BCUT2D eigenvalue weighted by molar-refractivity contribution is 6.02. The van der Waals surface area contributed by atoms with Gasteiger partial charge in [0.2, 0.25) is 11.8 Å². The molecule has 2 amide bonds. The Labute approximate surface area is 114 Å². The summed E-state index contributed by atoms with van der Waals surface area (Å²) in [5, 5.41) is 3.11. The van der Waals surface area contributed by atoms with Crippen molar-refractivity contribution in [3.8, 4) is 0 Å². The summed E-state index contributed by atoms with van der Waals surface area (Å²) in [4.78, 5) is 27.6. The second-order valence-corrected chi connectivity index (χ2v) is 6.93. The molecule has 106 valence electrons. The van der Waals surface area contributed by atoms with Crippen molar-refractivity contribution in [1.29, 1.82) is 0 Å². The molecular weight excluding hydrogens is 240 g/mol. The molecule has 1 spiro atoms. The number of carbonyl (C=O) groups is 2. The molecule has 3 aliphatic rings. The number of piperazine rings is 1. The average molecular weight is 264 g/mol. The topological polar surface area (TPSA) is 49.4 Å². The van der Waals surface area contributed by atoms with Gasteiger partial charge in [0, 0.05) is 6.04 Å². The lowest BCUT2D eigenvalue weighted by Crippen LogP contribution is -2.76. The normalized spacial score (nSPS) is 34.2. The minimum atomic E-state index is -0.626. The molecule has 4 heteroatoms. The molecule has 0 radical (unpaired) electrons. The van der Waals surface area contributed by atoms with Gasteiger partial charge >= 0.3 is 0 Å². The molecule has 0 aromatic rings. The van der Waals surface area contributed by atoms with Crippen LogP contribution in [0, 0.1) is 5.92 Å². The Bertz CT molecular complexity index is 422. The Kier molecular flexibility index (Phi) is 2.70. The Morgan fingerprint density at radius 1 is 1.21 bits per heavy atom. The van der Waals surface area contributed by atoms with Crippen molar-refractivity contribution >= 4 is 11.8 Å². The third kappa shape index (κ3) is 1.65. The Morgan fingerprint density at radius 2 is 1.79 bits per heavy atom. The summed E-state index contributed by atoms with van der Waals surface area (Å²) < 4.78 is 0. The fraction of sp³-hybridized carbons (Fsp3) is 0.867. The van der Waals surface area contributed by atoms with Gasteiger partial charge in [0.1, 0.15) is 11.1 Å². The first-order valence-corrected chi connectivity index (χ1v) is 7.58. The first-order chi connectivity index (χ1) is 8.92. The number of carbonyl (C=O) groups excluding carboxylic acids is 2. The molecule has 1 aliphatic heterocycles. The molecule has 1 saturated heterocycles. The molecule has 0 bridgehead atoms. The first kappa shape index (κ1) is 12.9.